The lowest BCUT2D eigenvalue weighted by molar-refractivity contribution is -0.148. The fraction of sp³-hybridized carbons (Fsp3) is 0.381. The Morgan fingerprint density at radius 3 is 2.74 bits per heavy atom. The molecule has 1 aliphatic rings. The number of hydrogen-bond donors (Lipinski definition) is 2. The molecular weight excluding hydrogens is 422 g/mol. The molecule has 2 N–H and O–H groups in total. The highest BCUT2D eigenvalue weighted by Gasteiger charge is 2.30. The van der Waals surface area contributed by atoms with Crippen LogP contribution < -0.4 is 9.62 Å². The van der Waals surface area contributed by atoms with Gasteiger partial charge >= 0.3 is 11.9 Å². The van der Waals surface area contributed by atoms with E-state index in [0.717, 1.165) is 0 Å². The Morgan fingerprint density at radius 1 is 1.32 bits per heavy atom. The predicted molar refractivity (Wildman–Crippen MR) is 115 cm³/mol. The van der Waals surface area contributed by atoms with Crippen molar-refractivity contribution in [1.29, 1.82) is 0 Å². The first-order valence-electron chi connectivity index (χ1n) is 9.96. The van der Waals surface area contributed by atoms with Crippen molar-refractivity contribution in [3.05, 3.63) is 47.7 Å². The van der Waals surface area contributed by atoms with Gasteiger partial charge in [-0.15, -0.1) is 0 Å². The maximum atomic E-state index is 12.7. The average molecular weight is 448 g/mol. The van der Waals surface area contributed by atoms with Gasteiger partial charge in [0.05, 0.1) is 29.3 Å². The van der Waals surface area contributed by atoms with E-state index in [4.69, 9.17) is 4.74 Å². The number of nitrogens with zero attached hydrogens (tertiary/aromatic N) is 2. The molecule has 31 heavy (non-hydrogen) atoms. The summed E-state index contributed by atoms with van der Waals surface area (Å²) >= 11 is 0. The van der Waals surface area contributed by atoms with Gasteiger partial charge in [-0.2, -0.15) is 0 Å². The first-order valence-corrected chi connectivity index (χ1v) is 11.4. The standard InChI is InChI=1S/C21H25N3O6S/c1-3-30-21(27)15-8-6-10-24(13-15)19-17(20(25)26)11-16(12-22-19)23-31(28,29)18-9-5-4-7-14(18)2/h4-5,7,9,11-12,15,23H,3,6,8,10,13H2,1-2H3,(H,25,26)/t15-/m0/s1. The van der Waals surface area contributed by atoms with E-state index in [0.29, 0.717) is 31.5 Å². The molecule has 0 amide bonds. The Morgan fingerprint density at radius 2 is 2.06 bits per heavy atom. The van der Waals surface area contributed by atoms with Gasteiger partial charge in [-0.25, -0.2) is 18.2 Å². The minimum Gasteiger partial charge on any atom is -0.478 e. The van der Waals surface area contributed by atoms with Crippen molar-refractivity contribution >= 4 is 33.5 Å². The van der Waals surface area contributed by atoms with Crippen molar-refractivity contribution in [1.82, 2.24) is 4.98 Å². The number of aromatic nitrogens is 1. The van der Waals surface area contributed by atoms with Gasteiger partial charge in [0.2, 0.25) is 0 Å². The number of sulfonamides is 1. The molecule has 0 spiro atoms. The Hall–Kier alpha value is -3.14. The van der Waals surface area contributed by atoms with Crippen LogP contribution in [0.25, 0.3) is 0 Å². The van der Waals surface area contributed by atoms with Crippen LogP contribution in [-0.4, -0.2) is 50.1 Å². The van der Waals surface area contributed by atoms with Gasteiger partial charge in [-0.3, -0.25) is 9.52 Å². The monoisotopic (exact) mass is 447 g/mol. The minimum atomic E-state index is -3.91. The van der Waals surface area contributed by atoms with Crippen LogP contribution in [0.1, 0.15) is 35.7 Å². The summed E-state index contributed by atoms with van der Waals surface area (Å²) in [7, 11) is -3.91. The van der Waals surface area contributed by atoms with Crippen molar-refractivity contribution in [2.24, 2.45) is 5.92 Å². The van der Waals surface area contributed by atoms with Crippen molar-refractivity contribution in [2.75, 3.05) is 29.3 Å². The van der Waals surface area contributed by atoms with Crippen LogP contribution in [0.2, 0.25) is 0 Å². The van der Waals surface area contributed by atoms with Crippen LogP contribution >= 0.6 is 0 Å². The molecule has 0 radical (unpaired) electrons. The van der Waals surface area contributed by atoms with E-state index in [1.54, 1.807) is 36.9 Å². The maximum Gasteiger partial charge on any atom is 0.339 e. The van der Waals surface area contributed by atoms with Crippen LogP contribution in [0.5, 0.6) is 0 Å². The van der Waals surface area contributed by atoms with E-state index in [9.17, 15) is 23.1 Å². The number of pyridine rings is 1. The van der Waals surface area contributed by atoms with Gasteiger partial charge in [-0.1, -0.05) is 18.2 Å². The van der Waals surface area contributed by atoms with Crippen molar-refractivity contribution in [3.8, 4) is 0 Å². The molecule has 1 aliphatic heterocycles. The van der Waals surface area contributed by atoms with Gasteiger partial charge in [0.25, 0.3) is 10.0 Å². The van der Waals surface area contributed by atoms with E-state index in [1.165, 1.54) is 18.3 Å². The summed E-state index contributed by atoms with van der Waals surface area (Å²) in [6.07, 6.45) is 2.63. The SMILES string of the molecule is CCOC(=O)[C@H]1CCCN(c2ncc(NS(=O)(=O)c3ccccc3C)cc2C(=O)O)C1. The average Bonchev–Trinajstić information content (AvgIpc) is 2.74. The number of aryl methyl sites for hydroxylation is 1. The summed E-state index contributed by atoms with van der Waals surface area (Å²) in [5.74, 6) is -1.72. The first-order chi connectivity index (χ1) is 14.7. The molecule has 0 bridgehead atoms. The molecule has 0 unspecified atom stereocenters. The molecule has 0 saturated carbocycles. The predicted octanol–water partition coefficient (Wildman–Crippen LogP) is 2.67. The van der Waals surface area contributed by atoms with Crippen LogP contribution in [0.15, 0.2) is 41.4 Å². The van der Waals surface area contributed by atoms with Gasteiger partial charge in [0.1, 0.15) is 11.4 Å². The number of rotatable bonds is 7. The number of aromatic carboxylic acids is 1. The number of benzene rings is 1. The number of piperidine rings is 1. The summed E-state index contributed by atoms with van der Waals surface area (Å²) in [5, 5.41) is 9.70. The molecule has 2 aromatic rings. The Labute approximate surface area is 181 Å². The first kappa shape index (κ1) is 22.5. The summed E-state index contributed by atoms with van der Waals surface area (Å²) in [5.41, 5.74) is 0.467. The third-order valence-corrected chi connectivity index (χ3v) is 6.61. The number of nitrogens with one attached hydrogen (secondary N) is 1. The zero-order chi connectivity index (χ0) is 22.6. The third-order valence-electron chi connectivity index (χ3n) is 5.07. The molecule has 2 heterocycles. The second-order valence-corrected chi connectivity index (χ2v) is 8.96. The van der Waals surface area contributed by atoms with Crippen LogP contribution in [-0.2, 0) is 19.6 Å². The number of ether oxygens (including phenoxy) is 1. The molecule has 1 atom stereocenters. The van der Waals surface area contributed by atoms with Gasteiger partial charge in [0, 0.05) is 13.1 Å². The van der Waals surface area contributed by atoms with Crippen molar-refractivity contribution in [3.63, 3.8) is 0 Å². The van der Waals surface area contributed by atoms with Crippen LogP contribution in [0.4, 0.5) is 11.5 Å². The van der Waals surface area contributed by atoms with E-state index >= 15 is 0 Å². The second-order valence-electron chi connectivity index (χ2n) is 7.31. The molecule has 1 aromatic carbocycles. The van der Waals surface area contributed by atoms with Gasteiger partial charge < -0.3 is 14.7 Å². The molecule has 1 saturated heterocycles. The lowest BCUT2D eigenvalue weighted by Gasteiger charge is -2.33. The largest absolute Gasteiger partial charge is 0.478 e. The quantitative estimate of drug-likeness (QED) is 0.621. The van der Waals surface area contributed by atoms with Crippen molar-refractivity contribution in [2.45, 2.75) is 31.6 Å². The summed E-state index contributed by atoms with van der Waals surface area (Å²) in [4.78, 5) is 30.1. The van der Waals surface area contributed by atoms with E-state index in [2.05, 4.69) is 9.71 Å². The topological polar surface area (TPSA) is 126 Å². The van der Waals surface area contributed by atoms with Gasteiger partial charge in [0.15, 0.2) is 0 Å². The maximum absolute atomic E-state index is 12.7. The number of anilines is 2. The minimum absolute atomic E-state index is 0.0448. The third kappa shape index (κ3) is 5.13. The number of hydrogen-bond acceptors (Lipinski definition) is 7. The second kappa shape index (κ2) is 9.34. The molecule has 166 valence electrons. The zero-order valence-electron chi connectivity index (χ0n) is 17.4. The van der Waals surface area contributed by atoms with Crippen molar-refractivity contribution < 1.29 is 27.9 Å². The lowest BCUT2D eigenvalue weighted by atomic mass is 9.98. The van der Waals surface area contributed by atoms with E-state index in [-0.39, 0.29) is 40.5 Å². The molecular formula is C21H25N3O6S. The van der Waals surface area contributed by atoms with E-state index in [1.807, 2.05) is 0 Å². The molecule has 9 nitrogen and oxygen atoms in total. The van der Waals surface area contributed by atoms with E-state index < -0.39 is 16.0 Å². The summed E-state index contributed by atoms with van der Waals surface area (Å²) in [6.45, 7) is 4.52. The molecule has 1 aromatic heterocycles. The Balaban J connectivity index is 1.87. The Kier molecular flexibility index (Phi) is 6.79. The number of carbonyl (C=O) groups excluding carboxylic acids is 1. The lowest BCUT2D eigenvalue weighted by Crippen LogP contribution is -2.40. The summed E-state index contributed by atoms with van der Waals surface area (Å²) < 4.78 is 32.9. The zero-order valence-corrected chi connectivity index (χ0v) is 18.2. The number of carboxylic acids is 1. The number of carbonyl (C=O) groups is 2. The highest BCUT2D eigenvalue weighted by Crippen LogP contribution is 2.28. The molecule has 1 fully saturated rings. The number of esters is 1. The molecule has 3 rings (SSSR count). The fourth-order valence-corrected chi connectivity index (χ4v) is 4.89. The highest BCUT2D eigenvalue weighted by atomic mass is 32.2. The Bertz CT molecular complexity index is 1090. The highest BCUT2D eigenvalue weighted by molar-refractivity contribution is 7.92. The summed E-state index contributed by atoms with van der Waals surface area (Å²) in [6, 6.07) is 7.74. The fourth-order valence-electron chi connectivity index (χ4n) is 3.61. The van der Waals surface area contributed by atoms with Gasteiger partial charge in [-0.05, 0) is 44.4 Å². The smallest absolute Gasteiger partial charge is 0.339 e. The molecule has 0 aliphatic carbocycles. The molecule has 10 heteroatoms. The number of carboxylic acid groups (broad SMARTS) is 1. The van der Waals surface area contributed by atoms with Crippen LogP contribution in [0.3, 0.4) is 0 Å². The normalized spacial score (nSPS) is 16.6. The van der Waals surface area contributed by atoms with Crippen LogP contribution in [0, 0.1) is 12.8 Å².